The Morgan fingerprint density at radius 2 is 0.694 bits per heavy atom. The third-order valence-electron chi connectivity index (χ3n) is 13.0. The molecule has 0 rings (SSSR count). The highest BCUT2D eigenvalue weighted by Crippen LogP contribution is 2.17. The number of rotatable bonds is 51. The van der Waals surface area contributed by atoms with Gasteiger partial charge in [0, 0.05) is 0 Å². The van der Waals surface area contributed by atoms with E-state index in [1.165, 1.54) is 238 Å². The molecule has 0 aromatic rings. The van der Waals surface area contributed by atoms with Crippen molar-refractivity contribution in [3.63, 3.8) is 0 Å². The molecule has 3 atom stereocenters. The Balaban J connectivity index is 3.45. The Bertz CT molecular complexity index is 962. The third-order valence-corrected chi connectivity index (χ3v) is 13.0. The molecule has 0 spiro atoms. The number of hydrogen-bond donors (Lipinski definition) is 4. The normalized spacial score (nSPS) is 13.6. The standard InChI is InChI=1S/C57H109NO4/c1-3-5-7-9-11-13-15-16-17-18-19-20-21-22-23-24-25-26-27-28-29-30-31-32-33-34-35-36-37-38-39-40-41-42-44-46-48-50-52-56(61)57(62)58-54(53-59)55(60)51-49-47-45-43-14-12-10-8-6-4-2/h25-26,28-29,49,51,54-56,59-61H,3-24,27,30-48,50,52-53H2,1-2H3,(H,58,62)/b26-25-,29-28-,51-49+. The first-order valence-electron chi connectivity index (χ1n) is 27.8. The van der Waals surface area contributed by atoms with E-state index in [0.29, 0.717) is 6.42 Å². The molecular weight excluding hydrogens is 763 g/mol. The second-order valence-corrected chi connectivity index (χ2v) is 19.1. The number of nitrogens with one attached hydrogen (secondary N) is 1. The monoisotopic (exact) mass is 872 g/mol. The molecule has 0 aromatic heterocycles. The van der Waals surface area contributed by atoms with E-state index in [4.69, 9.17) is 0 Å². The molecule has 5 heteroatoms. The summed E-state index contributed by atoms with van der Waals surface area (Å²) in [5.41, 5.74) is 0. The van der Waals surface area contributed by atoms with Crippen LogP contribution in [0.1, 0.15) is 296 Å². The van der Waals surface area contributed by atoms with Crippen molar-refractivity contribution in [2.75, 3.05) is 6.61 Å². The van der Waals surface area contributed by atoms with Gasteiger partial charge in [-0.05, 0) is 51.4 Å². The molecule has 0 saturated carbocycles. The summed E-state index contributed by atoms with van der Waals surface area (Å²) in [6, 6.07) is -0.795. The minimum atomic E-state index is -1.10. The summed E-state index contributed by atoms with van der Waals surface area (Å²) in [6.07, 6.45) is 68.2. The Kier molecular flexibility index (Phi) is 51.0. The number of unbranched alkanes of at least 4 members (excludes halogenated alkanes) is 39. The van der Waals surface area contributed by atoms with Crippen LogP contribution in [0.3, 0.4) is 0 Å². The predicted molar refractivity (Wildman–Crippen MR) is 273 cm³/mol. The predicted octanol–water partition coefficient (Wildman–Crippen LogP) is 17.1. The van der Waals surface area contributed by atoms with Gasteiger partial charge in [-0.2, -0.15) is 0 Å². The molecule has 4 N–H and O–H groups in total. The zero-order chi connectivity index (χ0) is 45.1. The first-order valence-corrected chi connectivity index (χ1v) is 27.8. The number of hydrogen-bond acceptors (Lipinski definition) is 4. The van der Waals surface area contributed by atoms with Crippen LogP contribution in [-0.2, 0) is 4.79 Å². The first kappa shape index (κ1) is 60.6. The van der Waals surface area contributed by atoms with E-state index >= 15 is 0 Å². The molecular formula is C57H109NO4. The summed E-state index contributed by atoms with van der Waals surface area (Å²) in [5.74, 6) is -0.503. The summed E-state index contributed by atoms with van der Waals surface area (Å²) in [7, 11) is 0. The number of allylic oxidation sites excluding steroid dienone is 5. The number of amides is 1. The van der Waals surface area contributed by atoms with Crippen LogP contribution in [0, 0.1) is 0 Å². The largest absolute Gasteiger partial charge is 0.394 e. The summed E-state index contributed by atoms with van der Waals surface area (Å²) >= 11 is 0. The van der Waals surface area contributed by atoms with Crippen LogP contribution in [0.15, 0.2) is 36.5 Å². The Labute approximate surface area is 387 Å². The van der Waals surface area contributed by atoms with Crippen molar-refractivity contribution in [1.82, 2.24) is 5.32 Å². The van der Waals surface area contributed by atoms with Crippen molar-refractivity contribution in [3.8, 4) is 0 Å². The van der Waals surface area contributed by atoms with E-state index in [2.05, 4.69) is 43.5 Å². The molecule has 5 nitrogen and oxygen atoms in total. The van der Waals surface area contributed by atoms with Crippen molar-refractivity contribution in [2.45, 2.75) is 315 Å². The number of carbonyl (C=O) groups is 1. The van der Waals surface area contributed by atoms with Crippen LogP contribution in [0.5, 0.6) is 0 Å². The van der Waals surface area contributed by atoms with Crippen molar-refractivity contribution < 1.29 is 20.1 Å². The summed E-state index contributed by atoms with van der Waals surface area (Å²) < 4.78 is 0. The Morgan fingerprint density at radius 1 is 0.403 bits per heavy atom. The van der Waals surface area contributed by atoms with Gasteiger partial charge in [0.2, 0.25) is 5.91 Å². The first-order chi connectivity index (χ1) is 30.6. The van der Waals surface area contributed by atoms with Crippen molar-refractivity contribution >= 4 is 5.91 Å². The van der Waals surface area contributed by atoms with Gasteiger partial charge in [-0.3, -0.25) is 4.79 Å². The quantitative estimate of drug-likeness (QED) is 0.0362. The van der Waals surface area contributed by atoms with Crippen LogP contribution in [0.4, 0.5) is 0 Å². The van der Waals surface area contributed by atoms with E-state index in [-0.39, 0.29) is 6.61 Å². The molecule has 1 amide bonds. The molecule has 0 saturated heterocycles. The van der Waals surface area contributed by atoms with E-state index < -0.39 is 24.2 Å². The summed E-state index contributed by atoms with van der Waals surface area (Å²) in [4.78, 5) is 12.5. The van der Waals surface area contributed by atoms with E-state index in [1.54, 1.807) is 6.08 Å². The molecule has 0 aliphatic heterocycles. The number of aliphatic hydroxyl groups is 3. The molecule has 3 unspecified atom stereocenters. The highest BCUT2D eigenvalue weighted by molar-refractivity contribution is 5.80. The average Bonchev–Trinajstić information content (AvgIpc) is 3.28. The summed E-state index contributed by atoms with van der Waals surface area (Å²) in [6.45, 7) is 4.18. The van der Waals surface area contributed by atoms with Gasteiger partial charge in [-0.25, -0.2) is 0 Å². The second-order valence-electron chi connectivity index (χ2n) is 19.1. The maximum Gasteiger partial charge on any atom is 0.249 e. The lowest BCUT2D eigenvalue weighted by atomic mass is 10.0. The highest BCUT2D eigenvalue weighted by atomic mass is 16.3. The van der Waals surface area contributed by atoms with E-state index in [0.717, 1.165) is 38.5 Å². The van der Waals surface area contributed by atoms with Gasteiger partial charge in [-0.1, -0.05) is 281 Å². The van der Waals surface area contributed by atoms with Crippen LogP contribution >= 0.6 is 0 Å². The topological polar surface area (TPSA) is 89.8 Å². The van der Waals surface area contributed by atoms with Crippen LogP contribution in [0.25, 0.3) is 0 Å². The van der Waals surface area contributed by atoms with Gasteiger partial charge >= 0.3 is 0 Å². The van der Waals surface area contributed by atoms with Crippen molar-refractivity contribution in [1.29, 1.82) is 0 Å². The summed E-state index contributed by atoms with van der Waals surface area (Å²) in [5, 5.41) is 33.1. The molecule has 366 valence electrons. The van der Waals surface area contributed by atoms with Gasteiger partial charge in [0.05, 0.1) is 18.8 Å². The van der Waals surface area contributed by atoms with Gasteiger partial charge in [0.1, 0.15) is 6.10 Å². The maximum atomic E-state index is 12.5. The fourth-order valence-corrected chi connectivity index (χ4v) is 8.63. The molecule has 62 heavy (non-hydrogen) atoms. The minimum Gasteiger partial charge on any atom is -0.394 e. The molecule has 0 radical (unpaired) electrons. The minimum absolute atomic E-state index is 0.363. The SMILES string of the molecule is CCCCCCCCCC/C=C/C(O)C(CO)NC(=O)C(O)CCCCCCCCCCCCCCCCCC/C=C\C/C=C\CCCCCCCCCCCCCCCCC. The average molecular weight is 873 g/mol. The lowest BCUT2D eigenvalue weighted by Crippen LogP contribution is -2.48. The molecule has 0 heterocycles. The Morgan fingerprint density at radius 3 is 1.02 bits per heavy atom. The van der Waals surface area contributed by atoms with Crippen molar-refractivity contribution in [2.24, 2.45) is 0 Å². The smallest absolute Gasteiger partial charge is 0.249 e. The highest BCUT2D eigenvalue weighted by Gasteiger charge is 2.22. The van der Waals surface area contributed by atoms with Crippen LogP contribution in [-0.4, -0.2) is 46.1 Å². The lowest BCUT2D eigenvalue weighted by Gasteiger charge is -2.21. The second kappa shape index (κ2) is 52.2. The van der Waals surface area contributed by atoms with Gasteiger partial charge < -0.3 is 20.6 Å². The van der Waals surface area contributed by atoms with Crippen LogP contribution < -0.4 is 5.32 Å². The number of aliphatic hydroxyl groups excluding tert-OH is 3. The zero-order valence-electron chi connectivity index (χ0n) is 41.8. The Hall–Kier alpha value is -1.43. The van der Waals surface area contributed by atoms with Gasteiger partial charge in [0.25, 0.3) is 0 Å². The molecule has 0 aromatic carbocycles. The molecule has 0 aliphatic carbocycles. The van der Waals surface area contributed by atoms with Crippen LogP contribution in [0.2, 0.25) is 0 Å². The molecule has 0 bridgehead atoms. The third kappa shape index (κ3) is 46.6. The van der Waals surface area contributed by atoms with Gasteiger partial charge in [0.15, 0.2) is 0 Å². The zero-order valence-corrected chi connectivity index (χ0v) is 41.8. The van der Waals surface area contributed by atoms with E-state index in [9.17, 15) is 20.1 Å². The number of carbonyl (C=O) groups excluding carboxylic acids is 1. The lowest BCUT2D eigenvalue weighted by molar-refractivity contribution is -0.131. The van der Waals surface area contributed by atoms with Crippen molar-refractivity contribution in [3.05, 3.63) is 36.5 Å². The maximum absolute atomic E-state index is 12.5. The van der Waals surface area contributed by atoms with Gasteiger partial charge in [-0.15, -0.1) is 0 Å². The van der Waals surface area contributed by atoms with E-state index in [1.807, 2.05) is 6.08 Å². The fraction of sp³-hybridized carbons (Fsp3) is 0.877. The molecule has 0 fully saturated rings. The molecule has 0 aliphatic rings. The fourth-order valence-electron chi connectivity index (χ4n) is 8.63.